The molecular formula is C16H18O4. The van der Waals surface area contributed by atoms with Crippen LogP contribution in [0.4, 0.5) is 0 Å². The van der Waals surface area contributed by atoms with Crippen molar-refractivity contribution in [2.24, 2.45) is 0 Å². The van der Waals surface area contributed by atoms with Gasteiger partial charge >= 0.3 is 0 Å². The maximum absolute atomic E-state index is 9.31. The third-order valence-electron chi connectivity index (χ3n) is 2.79. The maximum Gasteiger partial charge on any atom is 0.125 e. The molecule has 106 valence electrons. The first-order chi connectivity index (χ1) is 9.83. The molecule has 0 saturated carbocycles. The number of aliphatic hydroxyl groups excluding tert-OH is 1. The van der Waals surface area contributed by atoms with Crippen molar-refractivity contribution in [2.45, 2.75) is 6.61 Å². The molecule has 4 nitrogen and oxygen atoms in total. The summed E-state index contributed by atoms with van der Waals surface area (Å²) in [6.45, 7) is 0.765. The van der Waals surface area contributed by atoms with Gasteiger partial charge in [0.2, 0.25) is 0 Å². The Balaban J connectivity index is 1.85. The maximum atomic E-state index is 9.31. The second-order valence-electron chi connectivity index (χ2n) is 4.14. The van der Waals surface area contributed by atoms with E-state index in [0.717, 1.165) is 5.75 Å². The van der Waals surface area contributed by atoms with Crippen molar-refractivity contribution in [1.29, 1.82) is 0 Å². The molecule has 0 unspecified atom stereocenters. The molecule has 20 heavy (non-hydrogen) atoms. The first kappa shape index (κ1) is 14.2. The third-order valence-corrected chi connectivity index (χ3v) is 2.79. The van der Waals surface area contributed by atoms with Gasteiger partial charge in [0.05, 0.1) is 13.7 Å². The molecule has 0 heterocycles. The molecule has 0 aliphatic heterocycles. The van der Waals surface area contributed by atoms with Crippen LogP contribution in [-0.4, -0.2) is 25.4 Å². The van der Waals surface area contributed by atoms with Gasteiger partial charge in [-0.05, 0) is 30.3 Å². The highest BCUT2D eigenvalue weighted by atomic mass is 16.5. The van der Waals surface area contributed by atoms with Crippen LogP contribution in [0.15, 0.2) is 48.5 Å². The molecule has 0 aromatic heterocycles. The lowest BCUT2D eigenvalue weighted by Gasteiger charge is -2.12. The fourth-order valence-corrected chi connectivity index (χ4v) is 1.78. The number of ether oxygens (including phenoxy) is 3. The van der Waals surface area contributed by atoms with E-state index in [1.54, 1.807) is 25.3 Å². The van der Waals surface area contributed by atoms with E-state index >= 15 is 0 Å². The first-order valence-electron chi connectivity index (χ1n) is 6.42. The average molecular weight is 274 g/mol. The van der Waals surface area contributed by atoms with Crippen LogP contribution in [0.2, 0.25) is 0 Å². The van der Waals surface area contributed by atoms with E-state index in [1.807, 2.05) is 30.3 Å². The Labute approximate surface area is 118 Å². The Morgan fingerprint density at radius 2 is 1.65 bits per heavy atom. The first-order valence-corrected chi connectivity index (χ1v) is 6.42. The van der Waals surface area contributed by atoms with E-state index in [1.165, 1.54) is 0 Å². The molecule has 0 amide bonds. The lowest BCUT2D eigenvalue weighted by Crippen LogP contribution is -2.10. The molecule has 0 spiro atoms. The highest BCUT2D eigenvalue weighted by Gasteiger charge is 2.05. The van der Waals surface area contributed by atoms with Crippen LogP contribution < -0.4 is 14.2 Å². The van der Waals surface area contributed by atoms with Crippen LogP contribution in [0.1, 0.15) is 5.56 Å². The van der Waals surface area contributed by atoms with Gasteiger partial charge in [-0.1, -0.05) is 18.2 Å². The van der Waals surface area contributed by atoms with Crippen LogP contribution in [-0.2, 0) is 6.61 Å². The monoisotopic (exact) mass is 274 g/mol. The second-order valence-corrected chi connectivity index (χ2v) is 4.14. The summed E-state index contributed by atoms with van der Waals surface area (Å²) in [5, 5.41) is 9.31. The van der Waals surface area contributed by atoms with Gasteiger partial charge in [0.15, 0.2) is 0 Å². The van der Waals surface area contributed by atoms with Crippen LogP contribution >= 0.6 is 0 Å². The Morgan fingerprint density at radius 3 is 2.35 bits per heavy atom. The summed E-state index contributed by atoms with van der Waals surface area (Å²) in [6, 6.07) is 14.9. The van der Waals surface area contributed by atoms with E-state index < -0.39 is 0 Å². The van der Waals surface area contributed by atoms with Crippen molar-refractivity contribution in [3.63, 3.8) is 0 Å². The fraction of sp³-hybridized carbons (Fsp3) is 0.250. The molecule has 2 aromatic rings. The normalized spacial score (nSPS) is 10.1. The summed E-state index contributed by atoms with van der Waals surface area (Å²) < 4.78 is 16.2. The number of hydrogen-bond acceptors (Lipinski definition) is 4. The quantitative estimate of drug-likeness (QED) is 0.789. The molecule has 0 saturated heterocycles. The lowest BCUT2D eigenvalue weighted by atomic mass is 10.2. The minimum absolute atomic E-state index is 0.0912. The van der Waals surface area contributed by atoms with Gasteiger partial charge in [0, 0.05) is 5.56 Å². The van der Waals surface area contributed by atoms with Crippen LogP contribution in [0.5, 0.6) is 17.2 Å². The summed E-state index contributed by atoms with van der Waals surface area (Å²) >= 11 is 0. The number of hydrogen-bond donors (Lipinski definition) is 1. The van der Waals surface area contributed by atoms with E-state index in [0.29, 0.717) is 30.3 Å². The summed E-state index contributed by atoms with van der Waals surface area (Å²) in [7, 11) is 1.59. The number of benzene rings is 2. The topological polar surface area (TPSA) is 47.9 Å². The van der Waals surface area contributed by atoms with Crippen LogP contribution in [0, 0.1) is 0 Å². The van der Waals surface area contributed by atoms with Crippen molar-refractivity contribution in [3.05, 3.63) is 54.1 Å². The van der Waals surface area contributed by atoms with Crippen LogP contribution in [0.3, 0.4) is 0 Å². The van der Waals surface area contributed by atoms with E-state index in [9.17, 15) is 5.11 Å². The zero-order valence-electron chi connectivity index (χ0n) is 11.4. The Bertz CT molecular complexity index is 525. The molecule has 0 fully saturated rings. The van der Waals surface area contributed by atoms with Gasteiger partial charge in [-0.25, -0.2) is 0 Å². The number of methoxy groups -OCH3 is 1. The Hall–Kier alpha value is -2.20. The predicted molar refractivity (Wildman–Crippen MR) is 76.3 cm³/mol. The molecule has 2 rings (SSSR count). The van der Waals surface area contributed by atoms with Gasteiger partial charge in [0.1, 0.15) is 30.5 Å². The number of para-hydroxylation sites is 1. The van der Waals surface area contributed by atoms with Gasteiger partial charge in [-0.3, -0.25) is 0 Å². The zero-order chi connectivity index (χ0) is 14.2. The summed E-state index contributed by atoms with van der Waals surface area (Å²) in [4.78, 5) is 0. The number of rotatable bonds is 7. The molecule has 0 aliphatic carbocycles. The van der Waals surface area contributed by atoms with E-state index in [4.69, 9.17) is 14.2 Å². The molecular weight excluding hydrogens is 256 g/mol. The molecule has 0 bridgehead atoms. The molecule has 0 radical (unpaired) electrons. The smallest absolute Gasteiger partial charge is 0.125 e. The van der Waals surface area contributed by atoms with Gasteiger partial charge in [-0.2, -0.15) is 0 Å². The van der Waals surface area contributed by atoms with Gasteiger partial charge in [-0.15, -0.1) is 0 Å². The molecule has 0 atom stereocenters. The Kier molecular flexibility index (Phi) is 5.26. The summed E-state index contributed by atoms with van der Waals surface area (Å²) in [6.07, 6.45) is 0. The molecule has 0 aliphatic rings. The van der Waals surface area contributed by atoms with Crippen molar-refractivity contribution >= 4 is 0 Å². The molecule has 2 aromatic carbocycles. The van der Waals surface area contributed by atoms with Gasteiger partial charge < -0.3 is 19.3 Å². The van der Waals surface area contributed by atoms with Crippen molar-refractivity contribution in [2.75, 3.05) is 20.3 Å². The second kappa shape index (κ2) is 7.40. The van der Waals surface area contributed by atoms with E-state index in [2.05, 4.69) is 0 Å². The lowest BCUT2D eigenvalue weighted by molar-refractivity contribution is 0.209. The highest BCUT2D eigenvalue weighted by molar-refractivity contribution is 5.39. The minimum Gasteiger partial charge on any atom is -0.497 e. The molecule has 4 heteroatoms. The fourth-order valence-electron chi connectivity index (χ4n) is 1.78. The van der Waals surface area contributed by atoms with Gasteiger partial charge in [0.25, 0.3) is 0 Å². The van der Waals surface area contributed by atoms with E-state index in [-0.39, 0.29) is 6.61 Å². The zero-order valence-corrected chi connectivity index (χ0v) is 11.4. The summed E-state index contributed by atoms with van der Waals surface area (Å²) in [5.74, 6) is 2.15. The SMILES string of the molecule is COc1ccc(OCCOc2ccccc2)c(CO)c1. The van der Waals surface area contributed by atoms with Crippen molar-refractivity contribution in [1.82, 2.24) is 0 Å². The van der Waals surface area contributed by atoms with Crippen molar-refractivity contribution < 1.29 is 19.3 Å². The number of aliphatic hydroxyl groups is 1. The minimum atomic E-state index is -0.0912. The largest absolute Gasteiger partial charge is 0.497 e. The summed E-state index contributed by atoms with van der Waals surface area (Å²) in [5.41, 5.74) is 0.698. The average Bonchev–Trinajstić information content (AvgIpc) is 2.52. The molecule has 1 N–H and O–H groups in total. The van der Waals surface area contributed by atoms with Crippen LogP contribution in [0.25, 0.3) is 0 Å². The standard InChI is InChI=1S/C16H18O4/c1-18-15-7-8-16(13(11-15)12-17)20-10-9-19-14-5-3-2-4-6-14/h2-8,11,17H,9-10,12H2,1H3. The van der Waals surface area contributed by atoms with Crippen molar-refractivity contribution in [3.8, 4) is 17.2 Å². The Morgan fingerprint density at radius 1 is 0.900 bits per heavy atom. The predicted octanol–water partition coefficient (Wildman–Crippen LogP) is 2.65. The third kappa shape index (κ3) is 3.90. The highest BCUT2D eigenvalue weighted by Crippen LogP contribution is 2.24.